The number of para-hydroxylation sites is 1. The van der Waals surface area contributed by atoms with E-state index >= 15 is 0 Å². The van der Waals surface area contributed by atoms with Crippen molar-refractivity contribution in [3.05, 3.63) is 70.8 Å². The lowest BCUT2D eigenvalue weighted by atomic mass is 10.2. The van der Waals surface area contributed by atoms with Crippen molar-refractivity contribution in [1.82, 2.24) is 14.5 Å². The molecular formula is C23H17N5O4S. The third-order valence-electron chi connectivity index (χ3n) is 5.44. The van der Waals surface area contributed by atoms with E-state index in [9.17, 15) is 14.4 Å². The van der Waals surface area contributed by atoms with Gasteiger partial charge < -0.3 is 14.6 Å². The number of fused-ring (bicyclic) bond motifs is 3. The van der Waals surface area contributed by atoms with Gasteiger partial charge in [-0.05, 0) is 36.4 Å². The van der Waals surface area contributed by atoms with Crippen LogP contribution in [0.2, 0.25) is 0 Å². The summed E-state index contributed by atoms with van der Waals surface area (Å²) in [5, 5.41) is 12.4. The molecule has 10 heteroatoms. The van der Waals surface area contributed by atoms with Crippen LogP contribution in [0, 0.1) is 11.3 Å². The molecule has 9 nitrogen and oxygen atoms in total. The third kappa shape index (κ3) is 3.83. The van der Waals surface area contributed by atoms with E-state index in [-0.39, 0.29) is 23.9 Å². The molecule has 1 atom stereocenters. The number of nitrogens with one attached hydrogen (secondary N) is 1. The zero-order valence-corrected chi connectivity index (χ0v) is 18.0. The largest absolute Gasteiger partial charge is 0.448 e. The maximum atomic E-state index is 13.0. The molecule has 164 valence electrons. The van der Waals surface area contributed by atoms with Gasteiger partial charge in [-0.15, -0.1) is 11.8 Å². The summed E-state index contributed by atoms with van der Waals surface area (Å²) in [6, 6.07) is 15.1. The zero-order chi connectivity index (χ0) is 22.9. The Morgan fingerprint density at radius 3 is 2.79 bits per heavy atom. The third-order valence-corrected chi connectivity index (χ3v) is 6.46. The number of benzene rings is 2. The van der Waals surface area contributed by atoms with Gasteiger partial charge in [-0.25, -0.2) is 4.98 Å². The molecule has 2 aromatic carbocycles. The summed E-state index contributed by atoms with van der Waals surface area (Å²) in [6.45, 7) is -0.250. The zero-order valence-electron chi connectivity index (χ0n) is 17.2. The lowest BCUT2D eigenvalue weighted by molar-refractivity contribution is -0.136. The van der Waals surface area contributed by atoms with Gasteiger partial charge in [-0.1, -0.05) is 12.1 Å². The molecule has 4 aromatic rings. The highest BCUT2D eigenvalue weighted by Gasteiger charge is 2.35. The number of nitrogens with zero attached hydrogens (tertiary/aromatic N) is 4. The van der Waals surface area contributed by atoms with Crippen molar-refractivity contribution in [3.8, 4) is 6.07 Å². The van der Waals surface area contributed by atoms with Crippen LogP contribution in [-0.2, 0) is 16.1 Å². The summed E-state index contributed by atoms with van der Waals surface area (Å²) in [7, 11) is 0. The molecule has 1 aliphatic rings. The number of aromatic nitrogens is 2. The Hall–Kier alpha value is -4.10. The Labute approximate surface area is 191 Å². The van der Waals surface area contributed by atoms with E-state index in [1.165, 1.54) is 27.6 Å². The topological polar surface area (TPSA) is 121 Å². The second-order valence-electron chi connectivity index (χ2n) is 7.51. The number of carbonyl (C=O) groups is 2. The second kappa shape index (κ2) is 8.44. The lowest BCUT2D eigenvalue weighted by Gasteiger charge is -2.23. The summed E-state index contributed by atoms with van der Waals surface area (Å²) < 4.78 is 6.86. The molecule has 3 heterocycles. The van der Waals surface area contributed by atoms with E-state index in [1.54, 1.807) is 36.4 Å². The van der Waals surface area contributed by atoms with Gasteiger partial charge in [0.15, 0.2) is 0 Å². The molecule has 0 aliphatic carbocycles. The summed E-state index contributed by atoms with van der Waals surface area (Å²) in [6.07, 6.45) is 1.33. The van der Waals surface area contributed by atoms with E-state index in [1.807, 2.05) is 18.2 Å². The Morgan fingerprint density at radius 1 is 1.21 bits per heavy atom. The van der Waals surface area contributed by atoms with Crippen LogP contribution in [-0.4, -0.2) is 43.9 Å². The predicted molar refractivity (Wildman–Crippen MR) is 124 cm³/mol. The molecule has 0 bridgehead atoms. The molecule has 1 aliphatic heterocycles. The van der Waals surface area contributed by atoms with Crippen molar-refractivity contribution in [2.75, 3.05) is 16.9 Å². The Bertz CT molecular complexity index is 1490. The van der Waals surface area contributed by atoms with Gasteiger partial charge in [0.2, 0.25) is 17.4 Å². The van der Waals surface area contributed by atoms with Gasteiger partial charge in [-0.3, -0.25) is 19.0 Å². The van der Waals surface area contributed by atoms with Crippen molar-refractivity contribution in [2.24, 2.45) is 0 Å². The highest BCUT2D eigenvalue weighted by Crippen LogP contribution is 2.25. The van der Waals surface area contributed by atoms with E-state index in [0.717, 1.165) is 5.39 Å². The van der Waals surface area contributed by atoms with Crippen molar-refractivity contribution < 1.29 is 14.0 Å². The summed E-state index contributed by atoms with van der Waals surface area (Å²) in [5.74, 6) is 0.110. The predicted octanol–water partition coefficient (Wildman–Crippen LogP) is 2.55. The van der Waals surface area contributed by atoms with Gasteiger partial charge in [-0.2, -0.15) is 5.26 Å². The van der Waals surface area contributed by atoms with E-state index in [2.05, 4.69) is 10.3 Å². The summed E-state index contributed by atoms with van der Waals surface area (Å²) in [4.78, 5) is 44.5. The molecule has 2 amide bonds. The van der Waals surface area contributed by atoms with Crippen molar-refractivity contribution in [3.63, 3.8) is 0 Å². The maximum absolute atomic E-state index is 13.0. The molecule has 0 radical (unpaired) electrons. The summed E-state index contributed by atoms with van der Waals surface area (Å²) >= 11 is 1.46. The van der Waals surface area contributed by atoms with Crippen LogP contribution < -0.4 is 10.9 Å². The minimum Gasteiger partial charge on any atom is -0.448 e. The van der Waals surface area contributed by atoms with Gasteiger partial charge in [0, 0.05) is 16.8 Å². The Balaban J connectivity index is 1.34. The first-order valence-electron chi connectivity index (χ1n) is 10.1. The van der Waals surface area contributed by atoms with Crippen LogP contribution in [0.25, 0.3) is 22.1 Å². The SMILES string of the molecule is N#Cc1ccc(NC(=O)C2CSCN2C(=O)Cn2cnc3c(oc4ccccc43)c2=O)cc1. The first-order chi connectivity index (χ1) is 16.0. The highest BCUT2D eigenvalue weighted by molar-refractivity contribution is 7.99. The molecule has 0 spiro atoms. The quantitative estimate of drug-likeness (QED) is 0.498. The van der Waals surface area contributed by atoms with Crippen LogP contribution in [0.4, 0.5) is 5.69 Å². The number of hydrogen-bond donors (Lipinski definition) is 1. The average Bonchev–Trinajstić information content (AvgIpc) is 3.47. The minimum atomic E-state index is -0.670. The van der Waals surface area contributed by atoms with E-state index in [0.29, 0.717) is 34.0 Å². The fourth-order valence-electron chi connectivity index (χ4n) is 3.72. The van der Waals surface area contributed by atoms with Crippen molar-refractivity contribution in [1.29, 1.82) is 5.26 Å². The molecule has 5 rings (SSSR count). The van der Waals surface area contributed by atoms with Crippen LogP contribution in [0.3, 0.4) is 0 Å². The summed E-state index contributed by atoms with van der Waals surface area (Å²) in [5.41, 5.74) is 1.68. The van der Waals surface area contributed by atoms with Gasteiger partial charge in [0.25, 0.3) is 5.56 Å². The first-order valence-corrected chi connectivity index (χ1v) is 11.3. The molecule has 2 aromatic heterocycles. The Morgan fingerprint density at radius 2 is 2.00 bits per heavy atom. The van der Waals surface area contributed by atoms with Gasteiger partial charge >= 0.3 is 0 Å². The molecule has 1 saturated heterocycles. The first kappa shape index (κ1) is 20.8. The fourth-order valence-corrected chi connectivity index (χ4v) is 4.90. The number of nitriles is 1. The molecule has 1 unspecified atom stereocenters. The van der Waals surface area contributed by atoms with E-state index < -0.39 is 11.6 Å². The second-order valence-corrected chi connectivity index (χ2v) is 8.51. The number of rotatable bonds is 4. The number of furan rings is 1. The molecule has 0 saturated carbocycles. The fraction of sp³-hybridized carbons (Fsp3) is 0.174. The monoisotopic (exact) mass is 459 g/mol. The number of thioether (sulfide) groups is 1. The maximum Gasteiger partial charge on any atom is 0.297 e. The van der Waals surface area contributed by atoms with Crippen LogP contribution in [0.1, 0.15) is 5.56 Å². The number of carbonyl (C=O) groups excluding carboxylic acids is 2. The van der Waals surface area contributed by atoms with Crippen molar-refractivity contribution in [2.45, 2.75) is 12.6 Å². The molecule has 1 N–H and O–H groups in total. The molecule has 1 fully saturated rings. The minimum absolute atomic E-state index is 0.0948. The number of hydrogen-bond acceptors (Lipinski definition) is 7. The van der Waals surface area contributed by atoms with E-state index in [4.69, 9.17) is 9.68 Å². The smallest absolute Gasteiger partial charge is 0.297 e. The number of amides is 2. The van der Waals surface area contributed by atoms with Crippen molar-refractivity contribution >= 4 is 51.3 Å². The lowest BCUT2D eigenvalue weighted by Crippen LogP contribution is -2.46. The standard InChI is InChI=1S/C23H17N5O4S/c24-9-14-5-7-15(8-6-14)26-22(30)17-11-33-13-28(17)19(29)10-27-12-25-20-16-3-1-2-4-18(16)32-21(20)23(27)31/h1-8,12,17H,10-11,13H2,(H,26,30). The molecular weight excluding hydrogens is 442 g/mol. The Kier molecular flexibility index (Phi) is 5.32. The van der Waals surface area contributed by atoms with Gasteiger partial charge in [0.05, 0.1) is 23.8 Å². The highest BCUT2D eigenvalue weighted by atomic mass is 32.2. The normalized spacial score (nSPS) is 15.6. The van der Waals surface area contributed by atoms with Crippen LogP contribution in [0.15, 0.2) is 64.1 Å². The van der Waals surface area contributed by atoms with Crippen LogP contribution in [0.5, 0.6) is 0 Å². The van der Waals surface area contributed by atoms with Crippen LogP contribution >= 0.6 is 11.8 Å². The van der Waals surface area contributed by atoms with Gasteiger partial charge in [0.1, 0.15) is 23.7 Å². The molecule has 33 heavy (non-hydrogen) atoms. The average molecular weight is 459 g/mol. The number of anilines is 1.